The zero-order valence-corrected chi connectivity index (χ0v) is 14.9. The molecule has 3 nitrogen and oxygen atoms in total. The van der Waals surface area contributed by atoms with Crippen LogP contribution >= 0.6 is 0 Å². The van der Waals surface area contributed by atoms with E-state index >= 15 is 0 Å². The zero-order chi connectivity index (χ0) is 17.4. The number of benzene rings is 1. The molecule has 4 heteroatoms. The van der Waals surface area contributed by atoms with Crippen molar-refractivity contribution in [2.24, 2.45) is 5.73 Å². The third-order valence-electron chi connectivity index (χ3n) is 4.06. The molecule has 2 rings (SSSR count). The minimum absolute atomic E-state index is 0.0972. The molecule has 23 heavy (non-hydrogen) atoms. The average molecular weight is 315 g/mol. The fraction of sp³-hybridized carbons (Fsp3) is 0.474. The largest absolute Gasteiger partial charge is 0.325 e. The molecule has 2 aromatic rings. The summed E-state index contributed by atoms with van der Waals surface area (Å²) < 4.78 is 14.6. The molecule has 1 aromatic carbocycles. The third-order valence-corrected chi connectivity index (χ3v) is 4.06. The van der Waals surface area contributed by atoms with Gasteiger partial charge in [0.15, 0.2) is 5.82 Å². The predicted molar refractivity (Wildman–Crippen MR) is 92.8 cm³/mol. The number of aryl methyl sites for hydroxylation is 1. The number of hydrogen-bond acceptors (Lipinski definition) is 3. The molecule has 0 aliphatic rings. The highest BCUT2D eigenvalue weighted by Crippen LogP contribution is 2.29. The van der Waals surface area contributed by atoms with Crippen molar-refractivity contribution in [2.75, 3.05) is 0 Å². The Morgan fingerprint density at radius 2 is 1.83 bits per heavy atom. The summed E-state index contributed by atoms with van der Waals surface area (Å²) in [6.45, 7) is 12.6. The summed E-state index contributed by atoms with van der Waals surface area (Å²) in [4.78, 5) is 9.04. The summed E-state index contributed by atoms with van der Waals surface area (Å²) in [6, 6.07) is 5.28. The topological polar surface area (TPSA) is 51.8 Å². The third kappa shape index (κ3) is 3.58. The van der Waals surface area contributed by atoms with Gasteiger partial charge in [-0.3, -0.25) is 0 Å². The lowest BCUT2D eigenvalue weighted by Crippen LogP contribution is -2.13. The van der Waals surface area contributed by atoms with E-state index in [-0.39, 0.29) is 17.2 Å². The van der Waals surface area contributed by atoms with Gasteiger partial charge in [0.2, 0.25) is 0 Å². The highest BCUT2D eigenvalue weighted by molar-refractivity contribution is 5.58. The van der Waals surface area contributed by atoms with Crippen LogP contribution in [0.4, 0.5) is 4.39 Å². The van der Waals surface area contributed by atoms with Gasteiger partial charge < -0.3 is 5.73 Å². The summed E-state index contributed by atoms with van der Waals surface area (Å²) in [5.41, 5.74) is 9.83. The lowest BCUT2D eigenvalue weighted by atomic mass is 9.86. The Labute approximate surface area is 138 Å². The molecule has 124 valence electrons. The van der Waals surface area contributed by atoms with E-state index in [2.05, 4.69) is 44.6 Å². The van der Waals surface area contributed by atoms with Crippen molar-refractivity contribution in [1.29, 1.82) is 0 Å². The molecular weight excluding hydrogens is 289 g/mol. The van der Waals surface area contributed by atoms with E-state index in [9.17, 15) is 4.39 Å². The Balaban J connectivity index is 2.57. The van der Waals surface area contributed by atoms with Gasteiger partial charge in [-0.2, -0.15) is 0 Å². The van der Waals surface area contributed by atoms with Crippen molar-refractivity contribution < 1.29 is 4.39 Å². The fourth-order valence-electron chi connectivity index (χ4n) is 2.83. The minimum Gasteiger partial charge on any atom is -0.325 e. The number of halogens is 1. The van der Waals surface area contributed by atoms with Gasteiger partial charge >= 0.3 is 0 Å². The number of nitrogens with two attached hydrogens (primary N) is 1. The number of nitrogens with zero attached hydrogens (tertiary/aromatic N) is 2. The number of rotatable bonds is 3. The summed E-state index contributed by atoms with van der Waals surface area (Å²) in [5.74, 6) is 0.401. The molecule has 0 spiro atoms. The molecule has 1 heterocycles. The van der Waals surface area contributed by atoms with Gasteiger partial charge in [0, 0.05) is 12.2 Å². The SMILES string of the molecule is Cc1nc(-c2ccc(C(C)(C)C)cc2F)nc(CN)c1C(C)C. The van der Waals surface area contributed by atoms with Gasteiger partial charge in [0.1, 0.15) is 5.82 Å². The Morgan fingerprint density at radius 3 is 2.30 bits per heavy atom. The van der Waals surface area contributed by atoms with Crippen LogP contribution in [0.15, 0.2) is 18.2 Å². The van der Waals surface area contributed by atoms with E-state index in [1.54, 1.807) is 12.1 Å². The molecule has 0 bridgehead atoms. The van der Waals surface area contributed by atoms with Crippen LogP contribution in [0.2, 0.25) is 0 Å². The maximum absolute atomic E-state index is 14.6. The van der Waals surface area contributed by atoms with E-state index < -0.39 is 0 Å². The molecule has 0 radical (unpaired) electrons. The Morgan fingerprint density at radius 1 is 1.17 bits per heavy atom. The molecule has 0 fully saturated rings. The smallest absolute Gasteiger partial charge is 0.162 e. The first-order chi connectivity index (χ1) is 10.6. The van der Waals surface area contributed by atoms with E-state index in [1.807, 2.05) is 13.0 Å². The zero-order valence-electron chi connectivity index (χ0n) is 14.9. The summed E-state index contributed by atoms with van der Waals surface area (Å²) in [6.07, 6.45) is 0. The first-order valence-corrected chi connectivity index (χ1v) is 8.03. The fourth-order valence-corrected chi connectivity index (χ4v) is 2.83. The van der Waals surface area contributed by atoms with Crippen LogP contribution in [0.5, 0.6) is 0 Å². The molecule has 0 atom stereocenters. The van der Waals surface area contributed by atoms with Crippen molar-refractivity contribution in [3.8, 4) is 11.4 Å². The minimum atomic E-state index is -0.294. The first-order valence-electron chi connectivity index (χ1n) is 8.03. The molecule has 1 aromatic heterocycles. The monoisotopic (exact) mass is 315 g/mol. The van der Waals surface area contributed by atoms with Crippen molar-refractivity contribution in [3.05, 3.63) is 46.5 Å². The van der Waals surface area contributed by atoms with Crippen LogP contribution < -0.4 is 5.73 Å². The molecule has 0 amide bonds. The first kappa shape index (κ1) is 17.5. The average Bonchev–Trinajstić information content (AvgIpc) is 2.44. The highest BCUT2D eigenvalue weighted by Gasteiger charge is 2.19. The van der Waals surface area contributed by atoms with Crippen LogP contribution in [-0.2, 0) is 12.0 Å². The molecule has 0 aliphatic heterocycles. The Hall–Kier alpha value is -1.81. The highest BCUT2D eigenvalue weighted by atomic mass is 19.1. The molecule has 2 N–H and O–H groups in total. The maximum atomic E-state index is 14.6. The normalized spacial score (nSPS) is 12.0. The van der Waals surface area contributed by atoms with E-state index in [4.69, 9.17) is 5.73 Å². The molecule has 0 saturated carbocycles. The Kier molecular flexibility index (Phi) is 4.85. The van der Waals surface area contributed by atoms with Gasteiger partial charge in [-0.25, -0.2) is 14.4 Å². The number of hydrogen-bond donors (Lipinski definition) is 1. The van der Waals surface area contributed by atoms with Crippen molar-refractivity contribution in [1.82, 2.24) is 9.97 Å². The summed E-state index contributed by atoms with van der Waals surface area (Å²) in [7, 11) is 0. The second-order valence-corrected chi connectivity index (χ2v) is 7.30. The maximum Gasteiger partial charge on any atom is 0.162 e. The van der Waals surface area contributed by atoms with Gasteiger partial charge in [-0.05, 0) is 41.5 Å². The molecule has 0 aliphatic carbocycles. The van der Waals surface area contributed by atoms with Crippen LogP contribution in [-0.4, -0.2) is 9.97 Å². The van der Waals surface area contributed by atoms with Gasteiger partial charge in [0.05, 0.1) is 11.3 Å². The van der Waals surface area contributed by atoms with Gasteiger partial charge in [0.25, 0.3) is 0 Å². The van der Waals surface area contributed by atoms with Crippen LogP contribution in [0, 0.1) is 12.7 Å². The van der Waals surface area contributed by atoms with E-state index in [1.165, 1.54) is 0 Å². The lowest BCUT2D eigenvalue weighted by molar-refractivity contribution is 0.573. The summed E-state index contributed by atoms with van der Waals surface area (Å²) >= 11 is 0. The molecule has 0 unspecified atom stereocenters. The molecular formula is C19H26FN3. The predicted octanol–water partition coefficient (Wildman–Crippen LogP) is 4.47. The number of aromatic nitrogens is 2. The standard InChI is InChI=1S/C19H26FN3/c1-11(2)17-12(3)22-18(23-16(17)10-21)14-8-7-13(9-15(14)20)19(4,5)6/h7-9,11H,10,21H2,1-6H3. The van der Waals surface area contributed by atoms with Crippen LogP contribution in [0.1, 0.15) is 63.1 Å². The van der Waals surface area contributed by atoms with Crippen molar-refractivity contribution in [3.63, 3.8) is 0 Å². The van der Waals surface area contributed by atoms with Gasteiger partial charge in [-0.15, -0.1) is 0 Å². The van der Waals surface area contributed by atoms with Gasteiger partial charge in [-0.1, -0.05) is 40.7 Å². The quantitative estimate of drug-likeness (QED) is 0.909. The van der Waals surface area contributed by atoms with E-state index in [0.29, 0.717) is 17.9 Å². The van der Waals surface area contributed by atoms with Crippen molar-refractivity contribution in [2.45, 2.75) is 59.4 Å². The van der Waals surface area contributed by atoms with E-state index in [0.717, 1.165) is 22.5 Å². The summed E-state index contributed by atoms with van der Waals surface area (Å²) in [5, 5.41) is 0. The lowest BCUT2D eigenvalue weighted by Gasteiger charge is -2.20. The van der Waals surface area contributed by atoms with Crippen molar-refractivity contribution >= 4 is 0 Å². The molecule has 0 saturated heterocycles. The van der Waals surface area contributed by atoms with Crippen LogP contribution in [0.25, 0.3) is 11.4 Å². The second kappa shape index (κ2) is 6.36. The Bertz CT molecular complexity index is 715. The van der Waals surface area contributed by atoms with Crippen LogP contribution in [0.3, 0.4) is 0 Å². The second-order valence-electron chi connectivity index (χ2n) is 7.30.